The molecule has 4 atom stereocenters. The summed E-state index contributed by atoms with van der Waals surface area (Å²) in [5.41, 5.74) is 7.06. The first-order valence-electron chi connectivity index (χ1n) is 10.6. The summed E-state index contributed by atoms with van der Waals surface area (Å²) in [7, 11) is 3.03. The second-order valence-corrected chi connectivity index (χ2v) is 9.06. The number of Topliss-reactive ketones (excluding diaryl/α,β-unsaturated/α-hetero) is 2. The molecule has 0 spiro atoms. The van der Waals surface area contributed by atoms with E-state index in [0.29, 0.717) is 5.56 Å². The number of carbonyl (C=O) groups is 4. The lowest BCUT2D eigenvalue weighted by Crippen LogP contribution is -2.65. The number of fused-ring (bicyclic) bond motifs is 3. The molecule has 11 nitrogen and oxygen atoms in total. The van der Waals surface area contributed by atoms with Gasteiger partial charge < -0.3 is 31.9 Å². The highest BCUT2D eigenvalue weighted by atomic mass is 16.3. The van der Waals surface area contributed by atoms with E-state index in [-0.39, 0.29) is 35.3 Å². The van der Waals surface area contributed by atoms with Gasteiger partial charge >= 0.3 is 0 Å². The van der Waals surface area contributed by atoms with Crippen molar-refractivity contribution in [3.8, 4) is 17.6 Å². The normalized spacial score (nSPS) is 27.6. The third kappa shape index (κ3) is 3.30. The maximum atomic E-state index is 13.7. The Morgan fingerprint density at radius 1 is 1.14 bits per heavy atom. The van der Waals surface area contributed by atoms with Gasteiger partial charge in [-0.25, -0.2) is 0 Å². The number of hydrogen-bond donors (Lipinski definition) is 6. The molecular formula is C24H23N3O8. The van der Waals surface area contributed by atoms with Crippen LogP contribution in [-0.2, 0) is 25.6 Å². The van der Waals surface area contributed by atoms with E-state index in [4.69, 9.17) is 11.5 Å². The van der Waals surface area contributed by atoms with Gasteiger partial charge in [0.15, 0.2) is 11.4 Å². The minimum Gasteiger partial charge on any atom is -0.508 e. The summed E-state index contributed by atoms with van der Waals surface area (Å²) >= 11 is 0. The van der Waals surface area contributed by atoms with Gasteiger partial charge in [-0.15, -0.1) is 0 Å². The van der Waals surface area contributed by atoms with E-state index in [1.54, 1.807) is 0 Å². The van der Waals surface area contributed by atoms with Crippen molar-refractivity contribution in [1.29, 1.82) is 0 Å². The van der Waals surface area contributed by atoms with Crippen molar-refractivity contribution in [3.63, 3.8) is 0 Å². The van der Waals surface area contributed by atoms with Crippen LogP contribution >= 0.6 is 0 Å². The Labute approximate surface area is 199 Å². The van der Waals surface area contributed by atoms with Gasteiger partial charge in [-0.3, -0.25) is 24.1 Å². The number of hydrogen-bond acceptors (Lipinski definition) is 9. The highest BCUT2D eigenvalue weighted by Crippen LogP contribution is 2.52. The summed E-state index contributed by atoms with van der Waals surface area (Å²) in [5.74, 6) is -3.44. The second-order valence-electron chi connectivity index (χ2n) is 9.06. The van der Waals surface area contributed by atoms with Crippen molar-refractivity contribution in [2.24, 2.45) is 23.3 Å². The van der Waals surface area contributed by atoms with E-state index < -0.39 is 64.0 Å². The molecule has 0 heterocycles. The smallest absolute Gasteiger partial charge is 0.293 e. The van der Waals surface area contributed by atoms with Gasteiger partial charge in [-0.1, -0.05) is 5.92 Å². The third-order valence-corrected chi connectivity index (χ3v) is 6.92. The number of likely N-dealkylation sites (N-methyl/N-ethyl adjacent to an activating group) is 1. The molecule has 0 saturated heterocycles. The number of phenolic OH excluding ortho intramolecular Hbond substituents is 1. The number of rotatable bonds is 2. The van der Waals surface area contributed by atoms with Crippen LogP contribution in [0.1, 0.15) is 23.1 Å². The molecule has 0 unspecified atom stereocenters. The monoisotopic (exact) mass is 481 g/mol. The first-order valence-corrected chi connectivity index (χ1v) is 10.6. The molecule has 1 aromatic rings. The number of phenols is 1. The number of nitrogens with zero attached hydrogens (tertiary/aromatic N) is 1. The topological polar surface area (TPSA) is 204 Å². The van der Waals surface area contributed by atoms with E-state index >= 15 is 0 Å². The largest absolute Gasteiger partial charge is 0.508 e. The van der Waals surface area contributed by atoms with Crippen molar-refractivity contribution in [2.75, 3.05) is 14.1 Å². The van der Waals surface area contributed by atoms with Gasteiger partial charge in [0.05, 0.1) is 11.6 Å². The highest BCUT2D eigenvalue weighted by Gasteiger charge is 2.64. The van der Waals surface area contributed by atoms with Gasteiger partial charge in [-0.05, 0) is 56.5 Å². The molecule has 11 heteroatoms. The molecule has 3 aliphatic rings. The van der Waals surface area contributed by atoms with Crippen LogP contribution in [0.25, 0.3) is 5.76 Å². The van der Waals surface area contributed by atoms with Crippen LogP contribution in [-0.4, -0.2) is 74.4 Å². The van der Waals surface area contributed by atoms with Gasteiger partial charge in [0, 0.05) is 17.1 Å². The zero-order valence-corrected chi connectivity index (χ0v) is 18.8. The lowest BCUT2D eigenvalue weighted by atomic mass is 9.57. The van der Waals surface area contributed by atoms with Crippen LogP contribution in [0.4, 0.5) is 0 Å². The molecule has 4 rings (SSSR count). The van der Waals surface area contributed by atoms with E-state index in [2.05, 4.69) is 11.8 Å². The van der Waals surface area contributed by atoms with E-state index in [1.165, 1.54) is 31.1 Å². The van der Waals surface area contributed by atoms with E-state index in [9.17, 15) is 39.6 Å². The molecule has 0 aliphatic heterocycles. The number of nitrogens with two attached hydrogens (primary N) is 2. The summed E-state index contributed by atoms with van der Waals surface area (Å²) in [6.07, 6.45) is 0.00974. The molecule has 0 bridgehead atoms. The Bertz CT molecular complexity index is 1350. The Morgan fingerprint density at radius 3 is 2.37 bits per heavy atom. The lowest BCUT2D eigenvalue weighted by Gasteiger charge is -2.50. The first-order chi connectivity index (χ1) is 16.3. The number of benzene rings is 1. The van der Waals surface area contributed by atoms with Gasteiger partial charge in [0.25, 0.3) is 11.8 Å². The molecule has 0 aromatic heterocycles. The Kier molecular flexibility index (Phi) is 5.47. The summed E-state index contributed by atoms with van der Waals surface area (Å²) in [5, 5.41) is 43.8. The fourth-order valence-electron chi connectivity index (χ4n) is 5.49. The summed E-state index contributed by atoms with van der Waals surface area (Å²) < 4.78 is 0. The number of carbonyl (C=O) groups excluding carboxylic acids is 4. The number of aliphatic hydroxyl groups is 3. The minimum atomic E-state index is -2.70. The van der Waals surface area contributed by atoms with Crippen LogP contribution < -0.4 is 11.5 Å². The zero-order valence-electron chi connectivity index (χ0n) is 18.8. The first kappa shape index (κ1) is 24.0. The fraction of sp³-hybridized carbons (Fsp3) is 0.333. The van der Waals surface area contributed by atoms with Crippen molar-refractivity contribution < 1.29 is 39.6 Å². The summed E-state index contributed by atoms with van der Waals surface area (Å²) in [4.78, 5) is 51.3. The standard InChI is InChI=1S/C24H23N3O8/c1-27(2)18-12-8-10-7-11-9(4-6-14(25)29)3-5-13(28)16(11)19(30)15(10)21(32)24(12,35)22(33)17(20(18)31)23(26)34/h3,5,10,12,18,28,30,33,35H,7-8H2,1-2H3,(H2,25,29)(H2,26,34)/t10-,12-,18-,24-/m1/s1. The van der Waals surface area contributed by atoms with Crippen molar-refractivity contribution in [2.45, 2.75) is 24.5 Å². The predicted octanol–water partition coefficient (Wildman–Crippen LogP) is -1.20. The lowest BCUT2D eigenvalue weighted by molar-refractivity contribution is -0.153. The Hall–Kier alpha value is -4.14. The minimum absolute atomic E-state index is 0.0515. The zero-order chi connectivity index (χ0) is 26.0. The SMILES string of the molecule is CN(C)[C@H]1C(=O)C(C(N)=O)=C(O)[C@]2(O)C(=O)C3=C(O)c4c(O)ccc(C#CC(N)=O)c4C[C@@H]3C[C@H]12. The molecular weight excluding hydrogens is 458 g/mol. The molecule has 3 aliphatic carbocycles. The third-order valence-electron chi connectivity index (χ3n) is 6.92. The number of ketones is 2. The quantitative estimate of drug-likeness (QED) is 0.221. The molecule has 1 aromatic carbocycles. The number of aliphatic hydroxyl groups excluding tert-OH is 2. The van der Waals surface area contributed by atoms with Crippen LogP contribution in [0.3, 0.4) is 0 Å². The Balaban J connectivity index is 1.98. The maximum absolute atomic E-state index is 13.7. The fourth-order valence-corrected chi connectivity index (χ4v) is 5.49. The Morgan fingerprint density at radius 2 is 1.80 bits per heavy atom. The molecule has 182 valence electrons. The van der Waals surface area contributed by atoms with Gasteiger partial charge in [0.1, 0.15) is 22.8 Å². The van der Waals surface area contributed by atoms with Gasteiger partial charge in [-0.2, -0.15) is 0 Å². The molecule has 1 fully saturated rings. The number of aromatic hydroxyl groups is 1. The van der Waals surface area contributed by atoms with Crippen LogP contribution in [0.15, 0.2) is 29.0 Å². The van der Waals surface area contributed by atoms with Crippen molar-refractivity contribution >= 4 is 29.1 Å². The number of amides is 2. The van der Waals surface area contributed by atoms with E-state index in [0.717, 1.165) is 0 Å². The number of primary amides is 2. The molecule has 35 heavy (non-hydrogen) atoms. The summed E-state index contributed by atoms with van der Waals surface area (Å²) in [6, 6.07) is 1.48. The predicted molar refractivity (Wildman–Crippen MR) is 120 cm³/mol. The highest BCUT2D eigenvalue weighted by molar-refractivity contribution is 6.24. The van der Waals surface area contributed by atoms with Crippen LogP contribution in [0.5, 0.6) is 5.75 Å². The van der Waals surface area contributed by atoms with Crippen LogP contribution in [0.2, 0.25) is 0 Å². The maximum Gasteiger partial charge on any atom is 0.293 e. The van der Waals surface area contributed by atoms with Crippen molar-refractivity contribution in [3.05, 3.63) is 45.7 Å². The molecule has 0 radical (unpaired) electrons. The van der Waals surface area contributed by atoms with Crippen molar-refractivity contribution in [1.82, 2.24) is 4.90 Å². The summed E-state index contributed by atoms with van der Waals surface area (Å²) in [6.45, 7) is 0. The van der Waals surface area contributed by atoms with Gasteiger partial charge in [0.2, 0.25) is 5.78 Å². The average Bonchev–Trinajstić information content (AvgIpc) is 2.75. The van der Waals surface area contributed by atoms with Crippen LogP contribution in [0, 0.1) is 23.7 Å². The second kappa shape index (κ2) is 7.97. The molecule has 2 amide bonds. The molecule has 8 N–H and O–H groups in total. The average molecular weight is 481 g/mol. The van der Waals surface area contributed by atoms with E-state index in [1.807, 2.05) is 0 Å². The molecule has 1 saturated carbocycles.